The number of amides is 1. The average Bonchev–Trinajstić information content (AvgIpc) is 3.69. The Morgan fingerprint density at radius 3 is 1.31 bits per heavy atom. The molecule has 0 aliphatic carbocycles. The number of aliphatic hydroxyl groups excluding tert-OH is 5. The fourth-order valence-corrected chi connectivity index (χ4v) is 10.9. The number of nitrogens with one attached hydrogen (secondary N) is 1. The third-order valence-electron chi connectivity index (χ3n) is 16.3. The number of unbranched alkanes of at least 4 members (excludes halogenated alkanes) is 39. The summed E-state index contributed by atoms with van der Waals surface area (Å²) in [7, 11) is 0. The van der Waals surface area contributed by atoms with E-state index in [0.717, 1.165) is 83.5 Å². The fourth-order valence-electron chi connectivity index (χ4n) is 10.9. The maximum Gasteiger partial charge on any atom is 0.305 e. The van der Waals surface area contributed by atoms with Crippen LogP contribution in [0, 0.1) is 0 Å². The summed E-state index contributed by atoms with van der Waals surface area (Å²) in [5.41, 5.74) is 0. The van der Waals surface area contributed by atoms with Crippen molar-refractivity contribution in [2.75, 3.05) is 19.8 Å². The van der Waals surface area contributed by atoms with Gasteiger partial charge >= 0.3 is 5.97 Å². The van der Waals surface area contributed by atoms with Crippen molar-refractivity contribution in [3.05, 3.63) is 60.8 Å². The van der Waals surface area contributed by atoms with Crippen LogP contribution in [0.3, 0.4) is 0 Å². The van der Waals surface area contributed by atoms with E-state index in [0.29, 0.717) is 19.4 Å². The van der Waals surface area contributed by atoms with E-state index >= 15 is 0 Å². The highest BCUT2D eigenvalue weighted by molar-refractivity contribution is 5.76. The Labute approximate surface area is 509 Å². The summed E-state index contributed by atoms with van der Waals surface area (Å²) in [6.07, 6.45) is 70.9. The van der Waals surface area contributed by atoms with E-state index in [-0.39, 0.29) is 18.5 Å². The first kappa shape index (κ1) is 78.4. The summed E-state index contributed by atoms with van der Waals surface area (Å²) < 4.78 is 16.7. The Morgan fingerprint density at radius 2 is 0.855 bits per heavy atom. The summed E-state index contributed by atoms with van der Waals surface area (Å²) in [6.45, 7) is 4.22. The van der Waals surface area contributed by atoms with Gasteiger partial charge in [-0.1, -0.05) is 286 Å². The predicted octanol–water partition coefficient (Wildman–Crippen LogP) is 17.7. The molecule has 0 aromatic rings. The summed E-state index contributed by atoms with van der Waals surface area (Å²) in [6, 6.07) is -0.837. The zero-order valence-electron chi connectivity index (χ0n) is 53.7. The molecule has 484 valence electrons. The number of allylic oxidation sites excluding steroid dienone is 9. The molecule has 1 aliphatic rings. The monoisotopic (exact) mass is 1170 g/mol. The zero-order chi connectivity index (χ0) is 60.2. The first-order chi connectivity index (χ1) is 40.7. The third kappa shape index (κ3) is 50.1. The molecule has 7 unspecified atom stereocenters. The Balaban J connectivity index is 1.95. The number of hydrogen-bond acceptors (Lipinski definition) is 10. The lowest BCUT2D eigenvalue weighted by molar-refractivity contribution is -0.302. The van der Waals surface area contributed by atoms with E-state index in [4.69, 9.17) is 14.2 Å². The molecule has 1 fully saturated rings. The Hall–Kier alpha value is -2.64. The normalized spacial score (nSPS) is 18.5. The predicted molar refractivity (Wildman–Crippen MR) is 347 cm³/mol. The highest BCUT2D eigenvalue weighted by Gasteiger charge is 2.44. The number of rotatable bonds is 61. The number of carbonyl (C=O) groups excluding carboxylic acids is 2. The molecule has 7 atom stereocenters. The molecule has 11 nitrogen and oxygen atoms in total. The van der Waals surface area contributed by atoms with Gasteiger partial charge in [0.2, 0.25) is 5.91 Å². The van der Waals surface area contributed by atoms with Gasteiger partial charge in [-0.05, 0) is 83.5 Å². The zero-order valence-corrected chi connectivity index (χ0v) is 53.7. The van der Waals surface area contributed by atoms with Gasteiger partial charge in [0.05, 0.1) is 32.0 Å². The lowest BCUT2D eigenvalue weighted by Crippen LogP contribution is -2.60. The molecule has 0 aromatic heterocycles. The van der Waals surface area contributed by atoms with Gasteiger partial charge in [-0.2, -0.15) is 0 Å². The molecule has 1 rings (SSSR count). The van der Waals surface area contributed by atoms with Crippen molar-refractivity contribution < 1.29 is 49.3 Å². The summed E-state index contributed by atoms with van der Waals surface area (Å²) in [5, 5.41) is 54.3. The molecule has 1 saturated heterocycles. The molecule has 1 amide bonds. The number of ether oxygens (including phenoxy) is 3. The second-order valence-electron chi connectivity index (χ2n) is 24.2. The minimum Gasteiger partial charge on any atom is -0.466 e. The third-order valence-corrected chi connectivity index (χ3v) is 16.3. The van der Waals surface area contributed by atoms with Crippen LogP contribution in [0.4, 0.5) is 0 Å². The summed E-state index contributed by atoms with van der Waals surface area (Å²) >= 11 is 0. The van der Waals surface area contributed by atoms with Crippen LogP contribution >= 0.6 is 0 Å². The molecule has 83 heavy (non-hydrogen) atoms. The Bertz CT molecular complexity index is 1560. The number of carbonyl (C=O) groups is 2. The van der Waals surface area contributed by atoms with Gasteiger partial charge in [-0.25, -0.2) is 0 Å². The molecule has 0 radical (unpaired) electrons. The molecule has 1 aliphatic heterocycles. The highest BCUT2D eigenvalue weighted by atomic mass is 16.7. The second kappa shape index (κ2) is 61.0. The Morgan fingerprint density at radius 1 is 0.458 bits per heavy atom. The first-order valence-corrected chi connectivity index (χ1v) is 35.1. The van der Waals surface area contributed by atoms with E-state index in [1.165, 1.54) is 212 Å². The highest BCUT2D eigenvalue weighted by Crippen LogP contribution is 2.23. The molecule has 0 bridgehead atoms. The van der Waals surface area contributed by atoms with Crippen LogP contribution in [-0.2, 0) is 23.8 Å². The number of aliphatic hydroxyl groups is 5. The van der Waals surface area contributed by atoms with Crippen molar-refractivity contribution in [3.8, 4) is 0 Å². The maximum absolute atomic E-state index is 13.0. The molecular formula is C72H131NO10. The smallest absolute Gasteiger partial charge is 0.305 e. The van der Waals surface area contributed by atoms with Crippen molar-refractivity contribution >= 4 is 11.9 Å². The van der Waals surface area contributed by atoms with Crippen molar-refractivity contribution in [2.45, 2.75) is 365 Å². The van der Waals surface area contributed by atoms with Crippen LogP contribution in [0.15, 0.2) is 60.8 Å². The summed E-state index contributed by atoms with van der Waals surface area (Å²) in [5.74, 6) is -0.197. The molecule has 0 aromatic carbocycles. The van der Waals surface area contributed by atoms with E-state index < -0.39 is 49.5 Å². The van der Waals surface area contributed by atoms with E-state index in [1.807, 2.05) is 6.08 Å². The van der Waals surface area contributed by atoms with Crippen LogP contribution in [0.25, 0.3) is 0 Å². The lowest BCUT2D eigenvalue weighted by Gasteiger charge is -2.40. The van der Waals surface area contributed by atoms with Crippen LogP contribution in [0.1, 0.15) is 322 Å². The topological polar surface area (TPSA) is 175 Å². The van der Waals surface area contributed by atoms with E-state index in [1.54, 1.807) is 6.08 Å². The molecule has 6 N–H and O–H groups in total. The van der Waals surface area contributed by atoms with Crippen LogP contribution in [0.2, 0.25) is 0 Å². The van der Waals surface area contributed by atoms with Crippen molar-refractivity contribution in [1.82, 2.24) is 5.32 Å². The molecule has 0 saturated carbocycles. The lowest BCUT2D eigenvalue weighted by atomic mass is 9.99. The van der Waals surface area contributed by atoms with Crippen LogP contribution < -0.4 is 5.32 Å². The van der Waals surface area contributed by atoms with Crippen molar-refractivity contribution in [2.24, 2.45) is 0 Å². The SMILES string of the molecule is CC/C=C/CC/C=C/CC/C=C/C(O)C(COC1OC(CO)C(O)C(O)C1O)NC(=O)CCCCCCCCCCCCC/C=C\C/C=C\CCCCCCCCCCCOC(=O)CCCCCCCCCCCCCCCCCCCC. The van der Waals surface area contributed by atoms with Gasteiger partial charge in [-0.3, -0.25) is 9.59 Å². The average molecular weight is 1170 g/mol. The molecule has 0 spiro atoms. The summed E-state index contributed by atoms with van der Waals surface area (Å²) in [4.78, 5) is 25.1. The van der Waals surface area contributed by atoms with Gasteiger partial charge in [-0.15, -0.1) is 0 Å². The van der Waals surface area contributed by atoms with Gasteiger partial charge in [0.25, 0.3) is 0 Å². The minimum atomic E-state index is -1.58. The van der Waals surface area contributed by atoms with Gasteiger partial charge < -0.3 is 45.1 Å². The quantitative estimate of drug-likeness (QED) is 0.0195. The molecule has 1 heterocycles. The Kier molecular flexibility index (Phi) is 57.6. The van der Waals surface area contributed by atoms with Crippen molar-refractivity contribution in [3.63, 3.8) is 0 Å². The van der Waals surface area contributed by atoms with Gasteiger partial charge in [0.1, 0.15) is 24.4 Å². The van der Waals surface area contributed by atoms with Crippen molar-refractivity contribution in [1.29, 1.82) is 0 Å². The van der Waals surface area contributed by atoms with Gasteiger partial charge in [0.15, 0.2) is 6.29 Å². The molecular weight excluding hydrogens is 1040 g/mol. The maximum atomic E-state index is 13.0. The first-order valence-electron chi connectivity index (χ1n) is 35.1. The standard InChI is InChI=1S/C72H131NO10/c1-3-5-7-9-11-13-15-16-17-18-31-34-37-40-44-48-52-56-60-68(77)81-61-57-53-49-45-41-38-35-32-29-27-25-23-21-19-20-22-24-26-28-30-33-36-39-43-47-51-55-59-67(76)73-64(63-82-72-71(80)70(79)69(78)66(62-74)83-72)65(75)58-54-50-46-42-14-12-10-8-6-4-2/h6,8,14,19-20,23,25,42,54,58,64-66,69-72,74-75,78-80H,3-5,7,9-13,15-18,21-22,24,26-41,43-53,55-57,59-63H2,1-2H3,(H,73,76)/b8-6+,20-19-,25-23-,42-14+,58-54+. The largest absolute Gasteiger partial charge is 0.466 e. The van der Waals surface area contributed by atoms with Crippen LogP contribution in [0.5, 0.6) is 0 Å². The minimum absolute atomic E-state index is 0.00470. The number of esters is 1. The van der Waals surface area contributed by atoms with E-state index in [9.17, 15) is 35.1 Å². The fraction of sp³-hybridized carbons (Fsp3) is 0.833. The number of hydrogen-bond donors (Lipinski definition) is 6. The molecule has 11 heteroatoms. The van der Waals surface area contributed by atoms with E-state index in [2.05, 4.69) is 67.8 Å². The second-order valence-corrected chi connectivity index (χ2v) is 24.2. The van der Waals surface area contributed by atoms with Crippen LogP contribution in [-0.4, -0.2) is 100 Å². The van der Waals surface area contributed by atoms with Gasteiger partial charge in [0, 0.05) is 12.8 Å².